The van der Waals surface area contributed by atoms with E-state index in [1.807, 2.05) is 31.3 Å². The monoisotopic (exact) mass is 282 g/mol. The van der Waals surface area contributed by atoms with E-state index in [9.17, 15) is 4.39 Å². The molecule has 0 aliphatic carbocycles. The zero-order chi connectivity index (χ0) is 15.1. The van der Waals surface area contributed by atoms with E-state index < -0.39 is 0 Å². The van der Waals surface area contributed by atoms with Gasteiger partial charge < -0.3 is 5.73 Å². The summed E-state index contributed by atoms with van der Waals surface area (Å²) in [6, 6.07) is 14.7. The molecule has 21 heavy (non-hydrogen) atoms. The second-order valence-corrected chi connectivity index (χ2v) is 5.01. The zero-order valence-electron chi connectivity index (χ0n) is 12.1. The van der Waals surface area contributed by atoms with Gasteiger partial charge in [0.05, 0.1) is 6.54 Å². The highest BCUT2D eigenvalue weighted by molar-refractivity contribution is 5.37. The van der Waals surface area contributed by atoms with Crippen LogP contribution in [0.4, 0.5) is 4.39 Å². The fraction of sp³-hybridized carbons (Fsp3) is 0.222. The Hall–Kier alpha value is -2.15. The first kappa shape index (κ1) is 15.2. The summed E-state index contributed by atoms with van der Waals surface area (Å²) in [5, 5.41) is 0. The molecule has 2 rings (SSSR count). The topological polar surface area (TPSA) is 29.3 Å². The van der Waals surface area contributed by atoms with Gasteiger partial charge >= 0.3 is 0 Å². The van der Waals surface area contributed by atoms with Crippen molar-refractivity contribution in [3.8, 4) is 11.8 Å². The molecule has 0 aromatic heterocycles. The number of rotatable bonds is 4. The lowest BCUT2D eigenvalue weighted by molar-refractivity contribution is 0.319. The minimum Gasteiger partial charge on any atom is -0.320 e. The van der Waals surface area contributed by atoms with Gasteiger partial charge in [-0.1, -0.05) is 36.1 Å². The maximum absolute atomic E-state index is 12.9. The van der Waals surface area contributed by atoms with Crippen LogP contribution >= 0.6 is 0 Å². The third-order valence-electron chi connectivity index (χ3n) is 3.08. The summed E-state index contributed by atoms with van der Waals surface area (Å²) in [5.74, 6) is 5.70. The predicted octanol–water partition coefficient (Wildman–Crippen LogP) is 2.77. The van der Waals surface area contributed by atoms with E-state index in [1.54, 1.807) is 0 Å². The van der Waals surface area contributed by atoms with Gasteiger partial charge in [-0.3, -0.25) is 4.90 Å². The lowest BCUT2D eigenvalue weighted by Gasteiger charge is -2.17. The van der Waals surface area contributed by atoms with Crippen LogP contribution in [0, 0.1) is 17.7 Å². The van der Waals surface area contributed by atoms with Crippen LogP contribution in [-0.4, -0.2) is 18.5 Å². The summed E-state index contributed by atoms with van der Waals surface area (Å²) < 4.78 is 12.9. The van der Waals surface area contributed by atoms with Gasteiger partial charge in [-0.2, -0.15) is 0 Å². The Morgan fingerprint density at radius 1 is 1.05 bits per heavy atom. The van der Waals surface area contributed by atoms with Gasteiger partial charge in [-0.25, -0.2) is 4.39 Å². The van der Waals surface area contributed by atoms with E-state index in [-0.39, 0.29) is 5.82 Å². The molecule has 0 aliphatic rings. The van der Waals surface area contributed by atoms with E-state index in [0.717, 1.165) is 24.2 Å². The minimum absolute atomic E-state index is 0.201. The first-order chi connectivity index (χ1) is 10.2. The molecule has 0 aliphatic heterocycles. The quantitative estimate of drug-likeness (QED) is 0.874. The molecule has 0 heterocycles. The van der Waals surface area contributed by atoms with Crippen molar-refractivity contribution in [1.82, 2.24) is 4.90 Å². The number of halogens is 1. The van der Waals surface area contributed by atoms with Gasteiger partial charge in [0, 0.05) is 18.7 Å². The first-order valence-electron chi connectivity index (χ1n) is 6.88. The van der Waals surface area contributed by atoms with Gasteiger partial charge in [0.15, 0.2) is 0 Å². The zero-order valence-corrected chi connectivity index (χ0v) is 12.1. The van der Waals surface area contributed by atoms with E-state index in [1.165, 1.54) is 17.7 Å². The average Bonchev–Trinajstić information content (AvgIpc) is 2.48. The SMILES string of the molecule is CN(Cc1ccc(F)cc1)Cc1cccc(C#CCN)c1. The summed E-state index contributed by atoms with van der Waals surface area (Å²) in [6.07, 6.45) is 0. The Labute approximate surface area is 125 Å². The molecule has 0 saturated carbocycles. The standard InChI is InChI=1S/C18H19FN2/c1-21(13-16-7-9-18(19)10-8-16)14-17-5-2-4-15(12-17)6-3-11-20/h2,4-5,7-10,12H,11,13-14,20H2,1H3. The smallest absolute Gasteiger partial charge is 0.123 e. The fourth-order valence-corrected chi connectivity index (χ4v) is 2.17. The van der Waals surface area contributed by atoms with Gasteiger partial charge in [0.2, 0.25) is 0 Å². The van der Waals surface area contributed by atoms with E-state index >= 15 is 0 Å². The molecule has 2 N–H and O–H groups in total. The van der Waals surface area contributed by atoms with Crippen molar-refractivity contribution in [1.29, 1.82) is 0 Å². The van der Waals surface area contributed by atoms with E-state index in [0.29, 0.717) is 6.54 Å². The lowest BCUT2D eigenvalue weighted by atomic mass is 10.1. The Bertz CT molecular complexity index is 638. The van der Waals surface area contributed by atoms with Crippen molar-refractivity contribution in [2.45, 2.75) is 13.1 Å². The molecule has 2 aromatic rings. The van der Waals surface area contributed by atoms with Gasteiger partial charge in [-0.15, -0.1) is 0 Å². The molecular formula is C18H19FN2. The Kier molecular flexibility index (Phi) is 5.51. The molecule has 0 bridgehead atoms. The lowest BCUT2D eigenvalue weighted by Crippen LogP contribution is -2.17. The highest BCUT2D eigenvalue weighted by Gasteiger charge is 2.03. The number of nitrogens with zero attached hydrogens (tertiary/aromatic N) is 1. The normalized spacial score (nSPS) is 10.3. The minimum atomic E-state index is -0.201. The van der Waals surface area contributed by atoms with Crippen LogP contribution in [0.5, 0.6) is 0 Å². The molecular weight excluding hydrogens is 263 g/mol. The molecule has 0 amide bonds. The van der Waals surface area contributed by atoms with Crippen molar-refractivity contribution >= 4 is 0 Å². The fourth-order valence-electron chi connectivity index (χ4n) is 2.17. The predicted molar refractivity (Wildman–Crippen MR) is 83.9 cm³/mol. The van der Waals surface area contributed by atoms with Crippen LogP contribution in [0.1, 0.15) is 16.7 Å². The third-order valence-corrected chi connectivity index (χ3v) is 3.08. The molecule has 2 aromatic carbocycles. The van der Waals surface area contributed by atoms with Gasteiger partial charge in [0.25, 0.3) is 0 Å². The number of hydrogen-bond donors (Lipinski definition) is 1. The van der Waals surface area contributed by atoms with Gasteiger partial charge in [-0.05, 0) is 42.4 Å². The van der Waals surface area contributed by atoms with Crippen molar-refractivity contribution in [2.75, 3.05) is 13.6 Å². The molecule has 108 valence electrons. The van der Waals surface area contributed by atoms with Crippen LogP contribution < -0.4 is 5.73 Å². The van der Waals surface area contributed by atoms with E-state index in [4.69, 9.17) is 5.73 Å². The average molecular weight is 282 g/mol. The molecule has 0 radical (unpaired) electrons. The van der Waals surface area contributed by atoms with Crippen molar-refractivity contribution in [3.05, 3.63) is 71.0 Å². The molecule has 0 saturated heterocycles. The molecule has 0 atom stereocenters. The maximum atomic E-state index is 12.9. The van der Waals surface area contributed by atoms with Gasteiger partial charge in [0.1, 0.15) is 5.82 Å². The van der Waals surface area contributed by atoms with Crippen molar-refractivity contribution in [2.24, 2.45) is 5.73 Å². The number of nitrogens with two attached hydrogens (primary N) is 1. The van der Waals surface area contributed by atoms with Crippen LogP contribution in [0.2, 0.25) is 0 Å². The highest BCUT2D eigenvalue weighted by atomic mass is 19.1. The van der Waals surface area contributed by atoms with Crippen LogP contribution in [0.15, 0.2) is 48.5 Å². The summed E-state index contributed by atoms with van der Waals surface area (Å²) in [6.45, 7) is 1.96. The Morgan fingerprint density at radius 2 is 1.76 bits per heavy atom. The summed E-state index contributed by atoms with van der Waals surface area (Å²) in [5.41, 5.74) is 8.66. The summed E-state index contributed by atoms with van der Waals surface area (Å²) in [4.78, 5) is 2.18. The van der Waals surface area contributed by atoms with Crippen LogP contribution in [-0.2, 0) is 13.1 Å². The van der Waals surface area contributed by atoms with Crippen LogP contribution in [0.25, 0.3) is 0 Å². The van der Waals surface area contributed by atoms with Crippen molar-refractivity contribution < 1.29 is 4.39 Å². The Morgan fingerprint density at radius 3 is 2.48 bits per heavy atom. The third kappa shape index (κ3) is 5.03. The maximum Gasteiger partial charge on any atom is 0.123 e. The number of benzene rings is 2. The molecule has 0 unspecified atom stereocenters. The second kappa shape index (κ2) is 7.58. The largest absolute Gasteiger partial charge is 0.320 e. The molecule has 3 heteroatoms. The first-order valence-corrected chi connectivity index (χ1v) is 6.88. The Balaban J connectivity index is 1.99. The van der Waals surface area contributed by atoms with Crippen molar-refractivity contribution in [3.63, 3.8) is 0 Å². The second-order valence-electron chi connectivity index (χ2n) is 5.01. The molecule has 0 spiro atoms. The molecule has 2 nitrogen and oxygen atoms in total. The van der Waals surface area contributed by atoms with E-state index in [2.05, 4.69) is 28.9 Å². The highest BCUT2D eigenvalue weighted by Crippen LogP contribution is 2.10. The van der Waals surface area contributed by atoms with Crippen LogP contribution in [0.3, 0.4) is 0 Å². The number of hydrogen-bond acceptors (Lipinski definition) is 2. The molecule has 0 fully saturated rings. The summed E-state index contributed by atoms with van der Waals surface area (Å²) >= 11 is 0. The summed E-state index contributed by atoms with van der Waals surface area (Å²) in [7, 11) is 2.04.